The molecule has 2 rings (SSSR count). The first kappa shape index (κ1) is 11.6. The maximum Gasteiger partial charge on any atom is 0.142 e. The van der Waals surface area contributed by atoms with Crippen molar-refractivity contribution in [1.29, 1.82) is 0 Å². The van der Waals surface area contributed by atoms with Crippen molar-refractivity contribution in [3.05, 3.63) is 18.2 Å². The van der Waals surface area contributed by atoms with Gasteiger partial charge >= 0.3 is 0 Å². The van der Waals surface area contributed by atoms with Crippen molar-refractivity contribution in [3.8, 4) is 5.75 Å². The Hall–Kier alpha value is -0.830. The number of methoxy groups -OCH3 is 1. The van der Waals surface area contributed by atoms with Gasteiger partial charge in [0, 0.05) is 10.6 Å². The fourth-order valence-corrected chi connectivity index (χ4v) is 3.29. The molecule has 2 N–H and O–H groups in total. The highest BCUT2D eigenvalue weighted by molar-refractivity contribution is 7.99. The zero-order valence-corrected chi connectivity index (χ0v) is 10.6. The first-order chi connectivity index (χ1) is 7.79. The van der Waals surface area contributed by atoms with Crippen molar-refractivity contribution in [2.75, 3.05) is 18.6 Å². The Morgan fingerprint density at radius 1 is 1.38 bits per heavy atom. The second-order valence-electron chi connectivity index (χ2n) is 4.37. The Labute approximate surface area is 102 Å². The lowest BCUT2D eigenvalue weighted by Crippen LogP contribution is -1.97. The van der Waals surface area contributed by atoms with E-state index in [4.69, 9.17) is 10.5 Å². The smallest absolute Gasteiger partial charge is 0.142 e. The molecule has 0 aromatic heterocycles. The predicted molar refractivity (Wildman–Crippen MR) is 70.1 cm³/mol. The number of benzene rings is 1. The zero-order chi connectivity index (χ0) is 11.4. The van der Waals surface area contributed by atoms with E-state index >= 15 is 0 Å². The quantitative estimate of drug-likeness (QED) is 0.642. The standard InChI is InChI=1S/C13H19NOS/c1-15-13-8-11(6-7-12(13)14)16-9-10-4-2-3-5-10/h6-8,10H,2-5,9,14H2,1H3. The molecule has 0 atom stereocenters. The Kier molecular flexibility index (Phi) is 3.99. The van der Waals surface area contributed by atoms with Gasteiger partial charge in [-0.15, -0.1) is 11.8 Å². The largest absolute Gasteiger partial charge is 0.495 e. The fourth-order valence-electron chi connectivity index (χ4n) is 2.17. The summed E-state index contributed by atoms with van der Waals surface area (Å²) in [4.78, 5) is 1.26. The molecular formula is C13H19NOS. The Balaban J connectivity index is 1.93. The summed E-state index contributed by atoms with van der Waals surface area (Å²) in [6, 6.07) is 6.04. The molecule has 1 fully saturated rings. The van der Waals surface area contributed by atoms with E-state index in [-0.39, 0.29) is 0 Å². The van der Waals surface area contributed by atoms with Crippen LogP contribution in [0.2, 0.25) is 0 Å². The monoisotopic (exact) mass is 237 g/mol. The van der Waals surface area contributed by atoms with E-state index < -0.39 is 0 Å². The van der Waals surface area contributed by atoms with Crippen LogP contribution in [0, 0.1) is 5.92 Å². The molecule has 0 heterocycles. The Morgan fingerprint density at radius 3 is 2.81 bits per heavy atom. The summed E-state index contributed by atoms with van der Waals surface area (Å²) in [6.07, 6.45) is 5.63. The van der Waals surface area contributed by atoms with Crippen molar-refractivity contribution in [2.45, 2.75) is 30.6 Å². The molecule has 1 aliphatic carbocycles. The summed E-state index contributed by atoms with van der Waals surface area (Å²) in [5.74, 6) is 2.93. The lowest BCUT2D eigenvalue weighted by atomic mass is 10.1. The second-order valence-corrected chi connectivity index (χ2v) is 5.46. The van der Waals surface area contributed by atoms with E-state index in [0.717, 1.165) is 11.7 Å². The number of nitrogens with two attached hydrogens (primary N) is 1. The van der Waals surface area contributed by atoms with Crippen LogP contribution in [-0.4, -0.2) is 12.9 Å². The zero-order valence-electron chi connectivity index (χ0n) is 9.74. The summed E-state index contributed by atoms with van der Waals surface area (Å²) in [7, 11) is 1.66. The second kappa shape index (κ2) is 5.48. The van der Waals surface area contributed by atoms with Crippen molar-refractivity contribution in [2.24, 2.45) is 5.92 Å². The molecule has 0 spiro atoms. The lowest BCUT2D eigenvalue weighted by molar-refractivity contribution is 0.416. The van der Waals surface area contributed by atoms with E-state index in [1.54, 1.807) is 7.11 Å². The van der Waals surface area contributed by atoms with Gasteiger partial charge in [-0.1, -0.05) is 12.8 Å². The van der Waals surface area contributed by atoms with Gasteiger partial charge in [0.1, 0.15) is 5.75 Å². The van der Waals surface area contributed by atoms with Gasteiger partial charge in [0.15, 0.2) is 0 Å². The molecule has 0 unspecified atom stereocenters. The molecule has 88 valence electrons. The van der Waals surface area contributed by atoms with Gasteiger partial charge < -0.3 is 10.5 Å². The molecule has 1 saturated carbocycles. The van der Waals surface area contributed by atoms with Crippen LogP contribution in [0.15, 0.2) is 23.1 Å². The van der Waals surface area contributed by atoms with Crippen LogP contribution in [0.4, 0.5) is 5.69 Å². The van der Waals surface area contributed by atoms with Crippen LogP contribution in [0.1, 0.15) is 25.7 Å². The van der Waals surface area contributed by atoms with Crippen LogP contribution >= 0.6 is 11.8 Å². The van der Waals surface area contributed by atoms with E-state index in [9.17, 15) is 0 Å². The number of anilines is 1. The summed E-state index contributed by atoms with van der Waals surface area (Å²) in [6.45, 7) is 0. The molecule has 1 aliphatic rings. The van der Waals surface area contributed by atoms with Crippen LogP contribution in [0.25, 0.3) is 0 Å². The molecular weight excluding hydrogens is 218 g/mol. The van der Waals surface area contributed by atoms with Crippen molar-refractivity contribution >= 4 is 17.4 Å². The number of hydrogen-bond acceptors (Lipinski definition) is 3. The molecule has 2 nitrogen and oxygen atoms in total. The molecule has 16 heavy (non-hydrogen) atoms. The molecule has 0 amide bonds. The fraction of sp³-hybridized carbons (Fsp3) is 0.538. The maximum absolute atomic E-state index is 5.78. The van der Waals surface area contributed by atoms with Crippen LogP contribution in [0.3, 0.4) is 0 Å². The summed E-state index contributed by atoms with van der Waals surface area (Å²) < 4.78 is 5.22. The highest BCUT2D eigenvalue weighted by Gasteiger charge is 2.15. The van der Waals surface area contributed by atoms with Crippen molar-refractivity contribution in [1.82, 2.24) is 0 Å². The third-order valence-corrected chi connectivity index (χ3v) is 4.39. The van der Waals surface area contributed by atoms with Gasteiger partial charge in [-0.25, -0.2) is 0 Å². The molecule has 3 heteroatoms. The van der Waals surface area contributed by atoms with Gasteiger partial charge in [-0.3, -0.25) is 0 Å². The normalized spacial score (nSPS) is 16.6. The van der Waals surface area contributed by atoms with Gasteiger partial charge in [0.05, 0.1) is 12.8 Å². The van der Waals surface area contributed by atoms with Crippen LogP contribution < -0.4 is 10.5 Å². The molecule has 0 radical (unpaired) electrons. The van der Waals surface area contributed by atoms with E-state index in [2.05, 4.69) is 6.07 Å². The Morgan fingerprint density at radius 2 is 2.12 bits per heavy atom. The first-order valence-electron chi connectivity index (χ1n) is 5.86. The molecule has 1 aromatic rings. The topological polar surface area (TPSA) is 35.2 Å². The minimum absolute atomic E-state index is 0.715. The van der Waals surface area contributed by atoms with E-state index in [1.807, 2.05) is 23.9 Å². The molecule has 0 bridgehead atoms. The number of hydrogen-bond donors (Lipinski definition) is 1. The summed E-state index contributed by atoms with van der Waals surface area (Å²) in [5.41, 5.74) is 6.50. The number of rotatable bonds is 4. The van der Waals surface area contributed by atoms with Gasteiger partial charge in [0.2, 0.25) is 0 Å². The lowest BCUT2D eigenvalue weighted by Gasteiger charge is -2.10. The average Bonchev–Trinajstić information content (AvgIpc) is 2.81. The number of ether oxygens (including phenoxy) is 1. The van der Waals surface area contributed by atoms with Gasteiger partial charge in [-0.2, -0.15) is 0 Å². The number of nitrogen functional groups attached to an aromatic ring is 1. The van der Waals surface area contributed by atoms with Crippen molar-refractivity contribution in [3.63, 3.8) is 0 Å². The van der Waals surface area contributed by atoms with E-state index in [0.29, 0.717) is 5.69 Å². The third kappa shape index (κ3) is 2.85. The highest BCUT2D eigenvalue weighted by atomic mass is 32.2. The SMILES string of the molecule is COc1cc(SCC2CCCC2)ccc1N. The van der Waals surface area contributed by atoms with Crippen LogP contribution in [0.5, 0.6) is 5.75 Å². The van der Waals surface area contributed by atoms with Crippen LogP contribution in [-0.2, 0) is 0 Å². The Bertz CT molecular complexity index is 348. The maximum atomic E-state index is 5.78. The first-order valence-corrected chi connectivity index (χ1v) is 6.84. The average molecular weight is 237 g/mol. The van der Waals surface area contributed by atoms with E-state index in [1.165, 1.54) is 36.3 Å². The molecule has 1 aromatic carbocycles. The summed E-state index contributed by atoms with van der Waals surface area (Å²) in [5, 5.41) is 0. The summed E-state index contributed by atoms with van der Waals surface area (Å²) >= 11 is 1.92. The third-order valence-electron chi connectivity index (χ3n) is 3.17. The van der Waals surface area contributed by atoms with Gasteiger partial charge in [-0.05, 0) is 37.0 Å². The highest BCUT2D eigenvalue weighted by Crippen LogP contribution is 2.33. The van der Waals surface area contributed by atoms with Gasteiger partial charge in [0.25, 0.3) is 0 Å². The molecule has 0 aliphatic heterocycles. The number of thioether (sulfide) groups is 1. The van der Waals surface area contributed by atoms with Crippen molar-refractivity contribution < 1.29 is 4.74 Å². The predicted octanol–water partition coefficient (Wildman–Crippen LogP) is 3.56. The minimum Gasteiger partial charge on any atom is -0.495 e. The minimum atomic E-state index is 0.715. The molecule has 0 saturated heterocycles.